The second-order valence-corrected chi connectivity index (χ2v) is 3.49. The minimum absolute atomic E-state index is 0.292. The Morgan fingerprint density at radius 2 is 2.40 bits per heavy atom. The minimum Gasteiger partial charge on any atom is -0.369 e. The molecule has 10 heavy (non-hydrogen) atoms. The first-order valence-corrected chi connectivity index (χ1v) is 4.42. The zero-order chi connectivity index (χ0) is 7.56. The third-order valence-electron chi connectivity index (χ3n) is 1.05. The number of amides is 1. The van der Waals surface area contributed by atoms with E-state index in [-0.39, 0.29) is 5.91 Å². The van der Waals surface area contributed by atoms with Gasteiger partial charge in [0.1, 0.15) is 0 Å². The lowest BCUT2D eigenvalue weighted by molar-refractivity contribution is -0.117. The first kappa shape index (κ1) is 7.75. The Hall–Kier alpha value is -0.350. The van der Waals surface area contributed by atoms with Gasteiger partial charge >= 0.3 is 0 Å². The molecule has 0 unspecified atom stereocenters. The molecule has 2 nitrogen and oxygen atoms in total. The van der Waals surface area contributed by atoms with Crippen molar-refractivity contribution in [1.29, 1.82) is 0 Å². The molecule has 1 amide bonds. The predicted octanol–water partition coefficient (Wildman–Crippen LogP) is 1.54. The molecule has 54 valence electrons. The van der Waals surface area contributed by atoms with Crippen LogP contribution in [0, 0.1) is 0 Å². The molecule has 1 rings (SSSR count). The Kier molecular flexibility index (Phi) is 2.45. The summed E-state index contributed by atoms with van der Waals surface area (Å²) in [6, 6.07) is 0. The molecular weight excluding hydrogens is 214 g/mol. The summed E-state index contributed by atoms with van der Waals surface area (Å²) in [5, 5.41) is 3.84. The molecule has 0 saturated heterocycles. The van der Waals surface area contributed by atoms with Crippen molar-refractivity contribution in [3.05, 3.63) is 20.8 Å². The lowest BCUT2D eigenvalue weighted by atomic mass is 10.2. The first-order valence-electron chi connectivity index (χ1n) is 2.69. The average molecular weight is 220 g/mol. The van der Waals surface area contributed by atoms with Gasteiger partial charge in [-0.2, -0.15) is 11.3 Å². The van der Waals surface area contributed by atoms with Crippen molar-refractivity contribution in [1.82, 2.24) is 0 Å². The number of nitrogens with two attached hydrogens (primary N) is 1. The van der Waals surface area contributed by atoms with Crippen molar-refractivity contribution in [2.24, 2.45) is 5.73 Å². The first-order chi connectivity index (χ1) is 4.70. The SMILES string of the molecule is NC(=O)Cc1cscc1Br. The van der Waals surface area contributed by atoms with Gasteiger partial charge in [-0.1, -0.05) is 0 Å². The summed E-state index contributed by atoms with van der Waals surface area (Å²) < 4.78 is 0.969. The van der Waals surface area contributed by atoms with Crippen LogP contribution in [0.4, 0.5) is 0 Å². The molecule has 0 aliphatic carbocycles. The van der Waals surface area contributed by atoms with E-state index in [1.165, 1.54) is 0 Å². The Morgan fingerprint density at radius 3 is 2.80 bits per heavy atom. The highest BCUT2D eigenvalue weighted by atomic mass is 79.9. The third kappa shape index (κ3) is 1.82. The molecule has 2 N–H and O–H groups in total. The number of carbonyl (C=O) groups is 1. The average Bonchev–Trinajstić information content (AvgIpc) is 2.15. The molecule has 1 aromatic rings. The molecule has 0 atom stereocenters. The van der Waals surface area contributed by atoms with Crippen LogP contribution in [0.3, 0.4) is 0 Å². The molecule has 0 saturated carbocycles. The maximum atomic E-state index is 10.4. The van der Waals surface area contributed by atoms with Gasteiger partial charge in [0.15, 0.2) is 0 Å². The van der Waals surface area contributed by atoms with Crippen LogP contribution in [0.5, 0.6) is 0 Å². The number of thiophene rings is 1. The van der Waals surface area contributed by atoms with E-state index in [4.69, 9.17) is 5.73 Å². The number of hydrogen-bond acceptors (Lipinski definition) is 2. The van der Waals surface area contributed by atoms with Crippen molar-refractivity contribution < 1.29 is 4.79 Å². The van der Waals surface area contributed by atoms with Gasteiger partial charge in [0.2, 0.25) is 5.91 Å². The smallest absolute Gasteiger partial charge is 0.221 e. The summed E-state index contributed by atoms with van der Waals surface area (Å²) in [5.41, 5.74) is 5.97. The standard InChI is InChI=1S/C6H6BrNOS/c7-5-3-10-2-4(5)1-6(8)9/h2-3H,1H2,(H2,8,9). The Bertz CT molecular complexity index is 246. The topological polar surface area (TPSA) is 43.1 Å². The summed E-state index contributed by atoms with van der Waals surface area (Å²) in [7, 11) is 0. The second kappa shape index (κ2) is 3.16. The van der Waals surface area contributed by atoms with E-state index in [9.17, 15) is 4.79 Å². The van der Waals surface area contributed by atoms with Crippen LogP contribution in [0.25, 0.3) is 0 Å². The van der Waals surface area contributed by atoms with Crippen molar-refractivity contribution in [2.75, 3.05) is 0 Å². The molecule has 0 radical (unpaired) electrons. The lowest BCUT2D eigenvalue weighted by Gasteiger charge is -1.91. The molecule has 0 fully saturated rings. The fourth-order valence-corrected chi connectivity index (χ4v) is 2.07. The summed E-state index contributed by atoms with van der Waals surface area (Å²) in [4.78, 5) is 10.4. The molecule has 4 heteroatoms. The number of halogens is 1. The number of primary amides is 1. The number of rotatable bonds is 2. The van der Waals surface area contributed by atoms with Crippen LogP contribution in [0.15, 0.2) is 15.2 Å². The van der Waals surface area contributed by atoms with Crippen molar-refractivity contribution in [3.63, 3.8) is 0 Å². The van der Waals surface area contributed by atoms with Gasteiger partial charge in [-0.3, -0.25) is 4.79 Å². The molecule has 0 aliphatic rings. The highest BCUT2D eigenvalue weighted by Crippen LogP contribution is 2.21. The maximum Gasteiger partial charge on any atom is 0.221 e. The molecule has 0 spiro atoms. The Labute approximate surface area is 71.2 Å². The fraction of sp³-hybridized carbons (Fsp3) is 0.167. The number of hydrogen-bond donors (Lipinski definition) is 1. The van der Waals surface area contributed by atoms with E-state index in [0.29, 0.717) is 6.42 Å². The molecule has 1 aromatic heterocycles. The van der Waals surface area contributed by atoms with Gasteiger partial charge in [-0.25, -0.2) is 0 Å². The zero-order valence-electron chi connectivity index (χ0n) is 5.13. The van der Waals surface area contributed by atoms with Crippen LogP contribution in [-0.2, 0) is 11.2 Å². The molecule has 0 aromatic carbocycles. The van der Waals surface area contributed by atoms with Gasteiger partial charge in [0, 0.05) is 9.85 Å². The monoisotopic (exact) mass is 219 g/mol. The highest BCUT2D eigenvalue weighted by molar-refractivity contribution is 9.10. The Morgan fingerprint density at radius 1 is 1.70 bits per heavy atom. The summed E-state index contributed by atoms with van der Waals surface area (Å²) >= 11 is 4.85. The van der Waals surface area contributed by atoms with Crippen LogP contribution >= 0.6 is 27.3 Å². The van der Waals surface area contributed by atoms with Crippen molar-refractivity contribution >= 4 is 33.2 Å². The predicted molar refractivity (Wildman–Crippen MR) is 44.9 cm³/mol. The van der Waals surface area contributed by atoms with E-state index in [2.05, 4.69) is 15.9 Å². The molecule has 1 heterocycles. The summed E-state index contributed by atoms with van der Waals surface area (Å²) in [5.74, 6) is -0.292. The molecular formula is C6H6BrNOS. The fourth-order valence-electron chi connectivity index (χ4n) is 0.622. The Balaban J connectivity index is 2.74. The third-order valence-corrected chi connectivity index (χ3v) is 2.89. The van der Waals surface area contributed by atoms with Gasteiger partial charge in [0.05, 0.1) is 6.42 Å². The van der Waals surface area contributed by atoms with E-state index < -0.39 is 0 Å². The maximum absolute atomic E-state index is 10.4. The zero-order valence-corrected chi connectivity index (χ0v) is 7.54. The minimum atomic E-state index is -0.292. The van der Waals surface area contributed by atoms with Gasteiger partial charge in [-0.05, 0) is 26.9 Å². The highest BCUT2D eigenvalue weighted by Gasteiger charge is 2.02. The van der Waals surface area contributed by atoms with Crippen LogP contribution < -0.4 is 5.73 Å². The van der Waals surface area contributed by atoms with Crippen molar-refractivity contribution in [3.8, 4) is 0 Å². The van der Waals surface area contributed by atoms with E-state index in [1.807, 2.05) is 10.8 Å². The van der Waals surface area contributed by atoms with Crippen LogP contribution in [0.2, 0.25) is 0 Å². The van der Waals surface area contributed by atoms with E-state index in [0.717, 1.165) is 10.0 Å². The van der Waals surface area contributed by atoms with Gasteiger partial charge < -0.3 is 5.73 Å². The number of carbonyl (C=O) groups excluding carboxylic acids is 1. The van der Waals surface area contributed by atoms with Gasteiger partial charge in [0.25, 0.3) is 0 Å². The second-order valence-electron chi connectivity index (χ2n) is 1.89. The summed E-state index contributed by atoms with van der Waals surface area (Å²) in [6.45, 7) is 0. The molecule has 0 aliphatic heterocycles. The van der Waals surface area contributed by atoms with Crippen LogP contribution in [-0.4, -0.2) is 5.91 Å². The van der Waals surface area contributed by atoms with Gasteiger partial charge in [-0.15, -0.1) is 0 Å². The quantitative estimate of drug-likeness (QED) is 0.806. The largest absolute Gasteiger partial charge is 0.369 e. The summed E-state index contributed by atoms with van der Waals surface area (Å²) in [6.07, 6.45) is 0.323. The van der Waals surface area contributed by atoms with E-state index >= 15 is 0 Å². The van der Waals surface area contributed by atoms with E-state index in [1.54, 1.807) is 11.3 Å². The van der Waals surface area contributed by atoms with Crippen molar-refractivity contribution in [2.45, 2.75) is 6.42 Å². The van der Waals surface area contributed by atoms with Crippen LogP contribution in [0.1, 0.15) is 5.56 Å². The lowest BCUT2D eigenvalue weighted by Crippen LogP contribution is -2.13. The normalized spacial score (nSPS) is 9.70. The molecule has 0 bridgehead atoms.